The SMILES string of the molecule is Cc1ccccc1CC(=O)N[C@@H](C)C(=O)O. The molecule has 0 unspecified atom stereocenters. The highest BCUT2D eigenvalue weighted by Crippen LogP contribution is 2.07. The maximum Gasteiger partial charge on any atom is 0.325 e. The van der Waals surface area contributed by atoms with Gasteiger partial charge in [0.05, 0.1) is 6.42 Å². The molecule has 1 amide bonds. The van der Waals surface area contributed by atoms with Gasteiger partial charge >= 0.3 is 5.97 Å². The van der Waals surface area contributed by atoms with E-state index in [4.69, 9.17) is 5.11 Å². The Morgan fingerprint density at radius 2 is 2.00 bits per heavy atom. The molecule has 0 heterocycles. The summed E-state index contributed by atoms with van der Waals surface area (Å²) in [4.78, 5) is 22.0. The number of carboxylic acids is 1. The van der Waals surface area contributed by atoms with E-state index in [1.807, 2.05) is 31.2 Å². The molecule has 0 aliphatic rings. The first-order valence-electron chi connectivity index (χ1n) is 5.07. The Kier molecular flexibility index (Phi) is 4.05. The van der Waals surface area contributed by atoms with E-state index in [0.717, 1.165) is 11.1 Å². The summed E-state index contributed by atoms with van der Waals surface area (Å²) in [5.41, 5.74) is 1.94. The van der Waals surface area contributed by atoms with Crippen LogP contribution in [0.2, 0.25) is 0 Å². The van der Waals surface area contributed by atoms with Crippen molar-refractivity contribution in [1.29, 1.82) is 0 Å². The van der Waals surface area contributed by atoms with Gasteiger partial charge in [-0.25, -0.2) is 0 Å². The third-order valence-corrected chi connectivity index (χ3v) is 2.36. The van der Waals surface area contributed by atoms with Crippen molar-refractivity contribution in [2.75, 3.05) is 0 Å². The van der Waals surface area contributed by atoms with Gasteiger partial charge in [0.1, 0.15) is 6.04 Å². The van der Waals surface area contributed by atoms with Gasteiger partial charge in [0, 0.05) is 0 Å². The lowest BCUT2D eigenvalue weighted by Crippen LogP contribution is -2.39. The Balaban J connectivity index is 2.59. The number of amides is 1. The number of hydrogen-bond donors (Lipinski definition) is 2. The highest BCUT2D eigenvalue weighted by molar-refractivity contribution is 5.84. The molecule has 86 valence electrons. The summed E-state index contributed by atoms with van der Waals surface area (Å²) in [6.07, 6.45) is 0.213. The van der Waals surface area contributed by atoms with Crippen LogP contribution in [0.15, 0.2) is 24.3 Å². The zero-order valence-electron chi connectivity index (χ0n) is 9.36. The van der Waals surface area contributed by atoms with Crippen molar-refractivity contribution >= 4 is 11.9 Å². The number of benzene rings is 1. The fraction of sp³-hybridized carbons (Fsp3) is 0.333. The normalized spacial score (nSPS) is 11.9. The van der Waals surface area contributed by atoms with Crippen LogP contribution in [0, 0.1) is 6.92 Å². The maximum absolute atomic E-state index is 11.5. The molecule has 0 bridgehead atoms. The van der Waals surface area contributed by atoms with Gasteiger partial charge in [0.15, 0.2) is 0 Å². The number of carboxylic acid groups (broad SMARTS) is 1. The number of aryl methyl sites for hydroxylation is 1. The lowest BCUT2D eigenvalue weighted by atomic mass is 10.1. The van der Waals surface area contributed by atoms with Gasteiger partial charge in [0.2, 0.25) is 5.91 Å². The van der Waals surface area contributed by atoms with E-state index in [2.05, 4.69) is 5.32 Å². The minimum Gasteiger partial charge on any atom is -0.480 e. The number of nitrogens with one attached hydrogen (secondary N) is 1. The van der Waals surface area contributed by atoms with Crippen LogP contribution in [-0.4, -0.2) is 23.0 Å². The first kappa shape index (κ1) is 12.2. The molecule has 4 heteroatoms. The number of carbonyl (C=O) groups is 2. The first-order valence-corrected chi connectivity index (χ1v) is 5.07. The topological polar surface area (TPSA) is 66.4 Å². The van der Waals surface area contributed by atoms with Crippen LogP contribution < -0.4 is 5.32 Å². The zero-order chi connectivity index (χ0) is 12.1. The lowest BCUT2D eigenvalue weighted by Gasteiger charge is -2.10. The second kappa shape index (κ2) is 5.30. The van der Waals surface area contributed by atoms with E-state index in [1.54, 1.807) is 0 Å². The van der Waals surface area contributed by atoms with Crippen LogP contribution >= 0.6 is 0 Å². The van der Waals surface area contributed by atoms with Crippen molar-refractivity contribution in [2.24, 2.45) is 0 Å². The Hall–Kier alpha value is -1.84. The number of rotatable bonds is 4. The molecule has 0 aliphatic carbocycles. The van der Waals surface area contributed by atoms with E-state index >= 15 is 0 Å². The van der Waals surface area contributed by atoms with Crippen molar-refractivity contribution in [1.82, 2.24) is 5.32 Å². The Morgan fingerprint density at radius 1 is 1.38 bits per heavy atom. The third kappa shape index (κ3) is 3.38. The Morgan fingerprint density at radius 3 is 2.56 bits per heavy atom. The van der Waals surface area contributed by atoms with Crippen molar-refractivity contribution in [2.45, 2.75) is 26.3 Å². The van der Waals surface area contributed by atoms with Crippen LogP contribution in [-0.2, 0) is 16.0 Å². The van der Waals surface area contributed by atoms with E-state index in [-0.39, 0.29) is 12.3 Å². The highest BCUT2D eigenvalue weighted by atomic mass is 16.4. The summed E-state index contributed by atoms with van der Waals surface area (Å²) in [5, 5.41) is 11.1. The third-order valence-electron chi connectivity index (χ3n) is 2.36. The van der Waals surface area contributed by atoms with Crippen molar-refractivity contribution < 1.29 is 14.7 Å². The monoisotopic (exact) mass is 221 g/mol. The minimum atomic E-state index is -1.03. The van der Waals surface area contributed by atoms with Gasteiger partial charge in [-0.15, -0.1) is 0 Å². The minimum absolute atomic E-state index is 0.213. The van der Waals surface area contributed by atoms with E-state index in [9.17, 15) is 9.59 Å². The molecule has 16 heavy (non-hydrogen) atoms. The lowest BCUT2D eigenvalue weighted by molar-refractivity contribution is -0.141. The van der Waals surface area contributed by atoms with Crippen LogP contribution in [0.25, 0.3) is 0 Å². The van der Waals surface area contributed by atoms with Crippen molar-refractivity contribution in [3.63, 3.8) is 0 Å². The summed E-state index contributed by atoms with van der Waals surface area (Å²) < 4.78 is 0. The molecule has 0 aromatic heterocycles. The second-order valence-electron chi connectivity index (χ2n) is 3.73. The molecular formula is C12H15NO3. The summed E-state index contributed by atoms with van der Waals surface area (Å²) in [6.45, 7) is 3.36. The average molecular weight is 221 g/mol. The van der Waals surface area contributed by atoms with E-state index in [1.165, 1.54) is 6.92 Å². The van der Waals surface area contributed by atoms with Gasteiger partial charge in [0.25, 0.3) is 0 Å². The Bertz CT molecular complexity index is 401. The van der Waals surface area contributed by atoms with Crippen LogP contribution in [0.4, 0.5) is 0 Å². The number of hydrogen-bond acceptors (Lipinski definition) is 2. The van der Waals surface area contributed by atoms with Crippen molar-refractivity contribution in [3.8, 4) is 0 Å². The average Bonchev–Trinajstić information content (AvgIpc) is 2.21. The predicted molar refractivity (Wildman–Crippen MR) is 60.1 cm³/mol. The quantitative estimate of drug-likeness (QED) is 0.800. The molecular weight excluding hydrogens is 206 g/mol. The summed E-state index contributed by atoms with van der Waals surface area (Å²) in [6, 6.07) is 6.69. The fourth-order valence-electron chi connectivity index (χ4n) is 1.34. The molecule has 1 atom stereocenters. The number of aliphatic carboxylic acids is 1. The molecule has 1 rings (SSSR count). The predicted octanol–water partition coefficient (Wildman–Crippen LogP) is 1.13. The molecule has 0 saturated carbocycles. The molecule has 0 aliphatic heterocycles. The van der Waals surface area contributed by atoms with Gasteiger partial charge in [-0.05, 0) is 25.0 Å². The standard InChI is InChI=1S/C12H15NO3/c1-8-5-3-4-6-10(8)7-11(14)13-9(2)12(15)16/h3-6,9H,7H2,1-2H3,(H,13,14)(H,15,16)/t9-/m0/s1. The molecule has 1 aromatic carbocycles. The fourth-order valence-corrected chi connectivity index (χ4v) is 1.34. The van der Waals surface area contributed by atoms with Crippen LogP contribution in [0.5, 0.6) is 0 Å². The van der Waals surface area contributed by atoms with Gasteiger partial charge in [-0.1, -0.05) is 24.3 Å². The van der Waals surface area contributed by atoms with Crippen LogP contribution in [0.1, 0.15) is 18.1 Å². The smallest absolute Gasteiger partial charge is 0.325 e. The molecule has 0 spiro atoms. The number of carbonyl (C=O) groups excluding carboxylic acids is 1. The Labute approximate surface area is 94.3 Å². The van der Waals surface area contributed by atoms with Gasteiger partial charge in [-0.3, -0.25) is 9.59 Å². The summed E-state index contributed by atoms with van der Waals surface area (Å²) in [7, 11) is 0. The molecule has 4 nitrogen and oxygen atoms in total. The van der Waals surface area contributed by atoms with Gasteiger partial charge < -0.3 is 10.4 Å². The molecule has 2 N–H and O–H groups in total. The van der Waals surface area contributed by atoms with E-state index < -0.39 is 12.0 Å². The largest absolute Gasteiger partial charge is 0.480 e. The van der Waals surface area contributed by atoms with E-state index in [0.29, 0.717) is 0 Å². The highest BCUT2D eigenvalue weighted by Gasteiger charge is 2.14. The summed E-state index contributed by atoms with van der Waals surface area (Å²) in [5.74, 6) is -1.30. The molecule has 0 fully saturated rings. The molecule has 0 radical (unpaired) electrons. The molecule has 0 saturated heterocycles. The molecule has 1 aromatic rings. The second-order valence-corrected chi connectivity index (χ2v) is 3.73. The maximum atomic E-state index is 11.5. The summed E-state index contributed by atoms with van der Waals surface area (Å²) >= 11 is 0. The first-order chi connectivity index (χ1) is 7.50. The van der Waals surface area contributed by atoms with Crippen LogP contribution in [0.3, 0.4) is 0 Å². The zero-order valence-corrected chi connectivity index (χ0v) is 9.36. The van der Waals surface area contributed by atoms with Gasteiger partial charge in [-0.2, -0.15) is 0 Å². The van der Waals surface area contributed by atoms with Crippen molar-refractivity contribution in [3.05, 3.63) is 35.4 Å².